The van der Waals surface area contributed by atoms with E-state index in [0.717, 1.165) is 72.1 Å². The maximum Gasteiger partial charge on any atom is 0.164 e. The largest absolute Gasteiger partial charge is 0.319 e. The van der Waals surface area contributed by atoms with E-state index in [4.69, 9.17) is 15.0 Å². The molecule has 0 aliphatic heterocycles. The minimum absolute atomic E-state index is 0.0939. The van der Waals surface area contributed by atoms with Crippen LogP contribution in [-0.2, 0) is 9.98 Å². The van der Waals surface area contributed by atoms with Crippen LogP contribution in [0.3, 0.4) is 0 Å². The van der Waals surface area contributed by atoms with Gasteiger partial charge in [-0.25, -0.2) is 15.0 Å². The Kier molecular flexibility index (Phi) is 10.4. The van der Waals surface area contributed by atoms with Crippen LogP contribution < -0.4 is 5.30 Å². The Hall–Kier alpha value is -7.26. The number of nitrogens with zero attached hydrogens (tertiary/aromatic N) is 3. The van der Waals surface area contributed by atoms with Gasteiger partial charge in [0.2, 0.25) is 0 Å². The highest BCUT2D eigenvalue weighted by atomic mass is 31.2. The Morgan fingerprint density at radius 2 is 0.743 bits per heavy atom. The highest BCUT2D eigenvalue weighted by Crippen LogP contribution is 2.65. The first kappa shape index (κ1) is 42.8. The summed E-state index contributed by atoms with van der Waals surface area (Å²) >= 11 is 0. The van der Waals surface area contributed by atoms with Crippen LogP contribution in [0.1, 0.15) is 43.2 Å². The third kappa shape index (κ3) is 7.26. The van der Waals surface area contributed by atoms with Crippen molar-refractivity contribution in [1.82, 2.24) is 15.0 Å². The van der Waals surface area contributed by atoms with E-state index < -0.39 is 7.14 Å². The summed E-state index contributed by atoms with van der Waals surface area (Å²) in [6.07, 6.45) is 6.53. The summed E-state index contributed by atoms with van der Waals surface area (Å²) in [4.78, 5) is 15.7. The third-order valence-electron chi connectivity index (χ3n) is 16.3. The highest BCUT2D eigenvalue weighted by Gasteiger charge is 2.58. The number of hydrogen-bond donors (Lipinski definition) is 0. The zero-order valence-corrected chi connectivity index (χ0v) is 40.6. The summed E-state index contributed by atoms with van der Waals surface area (Å²) in [7, 11) is -2.59. The summed E-state index contributed by atoms with van der Waals surface area (Å²) in [5.41, 5.74) is 12.6. The molecule has 4 nitrogen and oxygen atoms in total. The molecule has 4 fully saturated rings. The van der Waals surface area contributed by atoms with Gasteiger partial charge < -0.3 is 4.57 Å². The fourth-order valence-corrected chi connectivity index (χ4v) is 15.1. The molecule has 0 amide bonds. The Bertz CT molecular complexity index is 3550. The molecule has 0 saturated heterocycles. The van der Waals surface area contributed by atoms with Gasteiger partial charge in [-0.2, -0.15) is 0 Å². The van der Waals surface area contributed by atoms with Gasteiger partial charge >= 0.3 is 0 Å². The quantitative estimate of drug-likeness (QED) is 0.107. The summed E-state index contributed by atoms with van der Waals surface area (Å²) in [5, 5.41) is 5.47. The van der Waals surface area contributed by atoms with E-state index >= 15 is 0 Å². The molecule has 0 unspecified atom stereocenters. The van der Waals surface area contributed by atoms with Crippen molar-refractivity contribution in [1.29, 1.82) is 0 Å². The zero-order valence-electron chi connectivity index (χ0n) is 39.7. The SMILES string of the molecule is CP(C)(=O)c1c2ccccc2c(-c2ccc(C3(c4ccc(-c5nc(-c6ccc(-c7ccccc7)cc6)nc(-c6cccc(-c7ccccc7)c6)n5)cc4)C4CC5CC(C4)CC3C5)cc2)c2ccccc12. The van der Waals surface area contributed by atoms with Crippen molar-refractivity contribution < 1.29 is 4.57 Å². The van der Waals surface area contributed by atoms with Crippen LogP contribution in [0, 0.1) is 23.7 Å². The fraction of sp³-hybridized carbons (Fsp3) is 0.185. The van der Waals surface area contributed by atoms with Crippen molar-refractivity contribution in [3.63, 3.8) is 0 Å². The molecule has 0 spiro atoms. The molecule has 70 heavy (non-hydrogen) atoms. The van der Waals surface area contributed by atoms with Gasteiger partial charge in [-0.15, -0.1) is 0 Å². The van der Waals surface area contributed by atoms with Crippen molar-refractivity contribution in [3.8, 4) is 67.5 Å². The monoisotopic (exact) mass is 923 g/mol. The molecule has 4 aliphatic carbocycles. The van der Waals surface area contributed by atoms with Crippen molar-refractivity contribution in [2.45, 2.75) is 37.5 Å². The van der Waals surface area contributed by atoms with Crippen molar-refractivity contribution in [2.75, 3.05) is 13.3 Å². The van der Waals surface area contributed by atoms with E-state index in [-0.39, 0.29) is 5.41 Å². The molecular weight excluding hydrogens is 870 g/mol. The van der Waals surface area contributed by atoms with Gasteiger partial charge in [-0.1, -0.05) is 200 Å². The number of rotatable bonds is 9. The summed E-state index contributed by atoms with van der Waals surface area (Å²) in [6, 6.07) is 74.3. The lowest BCUT2D eigenvalue weighted by Crippen LogP contribution is -2.56. The van der Waals surface area contributed by atoms with Gasteiger partial charge in [0.15, 0.2) is 17.5 Å². The molecule has 10 aromatic rings. The predicted molar refractivity (Wildman–Crippen MR) is 291 cm³/mol. The molecule has 9 aromatic carbocycles. The first-order valence-electron chi connectivity index (χ1n) is 25.1. The average Bonchev–Trinajstić information content (AvgIpc) is 3.40. The van der Waals surface area contributed by atoms with Crippen LogP contribution in [0.15, 0.2) is 206 Å². The molecule has 5 heteroatoms. The van der Waals surface area contributed by atoms with Gasteiger partial charge in [0.05, 0.1) is 0 Å². The normalized spacial score (nSPS) is 20.5. The van der Waals surface area contributed by atoms with Crippen LogP contribution in [0.5, 0.6) is 0 Å². The molecule has 0 N–H and O–H groups in total. The summed E-state index contributed by atoms with van der Waals surface area (Å²) in [5.74, 6) is 4.78. The topological polar surface area (TPSA) is 55.7 Å². The molecule has 1 aromatic heterocycles. The average molecular weight is 924 g/mol. The van der Waals surface area contributed by atoms with E-state index in [2.05, 4.69) is 206 Å². The van der Waals surface area contributed by atoms with E-state index in [1.54, 1.807) is 0 Å². The maximum atomic E-state index is 14.0. The van der Waals surface area contributed by atoms with Crippen molar-refractivity contribution in [2.24, 2.45) is 23.7 Å². The first-order chi connectivity index (χ1) is 34.3. The van der Waals surface area contributed by atoms with Gasteiger partial charge in [0.25, 0.3) is 0 Å². The number of aromatic nitrogens is 3. The lowest BCUT2D eigenvalue weighted by molar-refractivity contribution is -0.0418. The Morgan fingerprint density at radius 1 is 0.371 bits per heavy atom. The first-order valence-corrected chi connectivity index (χ1v) is 27.7. The van der Waals surface area contributed by atoms with Gasteiger partial charge in [-0.05, 0) is 141 Å². The van der Waals surface area contributed by atoms with Crippen LogP contribution >= 0.6 is 7.14 Å². The molecule has 4 bridgehead atoms. The highest BCUT2D eigenvalue weighted by molar-refractivity contribution is 7.71. The summed E-state index contributed by atoms with van der Waals surface area (Å²) < 4.78 is 14.0. The van der Waals surface area contributed by atoms with Crippen LogP contribution in [-0.4, -0.2) is 28.3 Å². The second kappa shape index (κ2) is 17.0. The molecular formula is C65H54N3OP. The second-order valence-electron chi connectivity index (χ2n) is 20.7. The second-order valence-corrected chi connectivity index (χ2v) is 23.8. The van der Waals surface area contributed by atoms with Crippen LogP contribution in [0.25, 0.3) is 89.1 Å². The van der Waals surface area contributed by atoms with Crippen molar-refractivity contribution >= 4 is 34.0 Å². The van der Waals surface area contributed by atoms with Gasteiger partial charge in [-0.3, -0.25) is 0 Å². The van der Waals surface area contributed by atoms with Gasteiger partial charge in [0, 0.05) is 27.4 Å². The zero-order chi connectivity index (χ0) is 47.0. The van der Waals surface area contributed by atoms with E-state index in [1.807, 2.05) is 13.3 Å². The molecule has 340 valence electrons. The number of hydrogen-bond acceptors (Lipinski definition) is 4. The lowest BCUT2D eigenvalue weighted by Gasteiger charge is -2.62. The van der Waals surface area contributed by atoms with Crippen LogP contribution in [0.2, 0.25) is 0 Å². The Balaban J connectivity index is 0.918. The van der Waals surface area contributed by atoms with E-state index in [0.29, 0.717) is 29.3 Å². The molecule has 0 atom stereocenters. The third-order valence-corrected chi connectivity index (χ3v) is 17.8. The van der Waals surface area contributed by atoms with Gasteiger partial charge in [0.1, 0.15) is 7.14 Å². The number of benzene rings is 9. The standard InChI is InChI=1S/C65H54N3OP/c1-70(2,69)61-58-22-11-9-20-56(58)60(57-21-10-12-23-59(57)61)47-28-32-52(33-29-47)65(54-37-42-36-43(39-54)40-55(65)38-42)53-34-30-49(31-35-53)63-66-62(48-26-24-46(25-27-48)44-14-5-3-6-15-44)67-64(68-63)51-19-13-18-50(41-51)45-16-7-4-8-17-45/h3-35,41-43,54-55H,36-40H2,1-2H3. The predicted octanol–water partition coefficient (Wildman–Crippen LogP) is 16.2. The Labute approximate surface area is 411 Å². The molecule has 0 radical (unpaired) electrons. The molecule has 4 aliphatic rings. The minimum atomic E-state index is -2.59. The van der Waals surface area contributed by atoms with E-state index in [9.17, 15) is 4.57 Å². The van der Waals surface area contributed by atoms with E-state index in [1.165, 1.54) is 59.9 Å². The lowest BCUT2D eigenvalue weighted by atomic mass is 9.42. The fourth-order valence-electron chi connectivity index (χ4n) is 13.5. The Morgan fingerprint density at radius 3 is 1.24 bits per heavy atom. The van der Waals surface area contributed by atoms with Crippen molar-refractivity contribution in [3.05, 3.63) is 217 Å². The molecule has 1 heterocycles. The van der Waals surface area contributed by atoms with Crippen LogP contribution in [0.4, 0.5) is 0 Å². The molecule has 14 rings (SSSR count). The maximum absolute atomic E-state index is 14.0. The summed E-state index contributed by atoms with van der Waals surface area (Å²) in [6.45, 7) is 3.81. The number of fused-ring (bicyclic) bond motifs is 2. The molecule has 4 saturated carbocycles. The minimum Gasteiger partial charge on any atom is -0.319 e. The smallest absolute Gasteiger partial charge is 0.164 e.